The van der Waals surface area contributed by atoms with Gasteiger partial charge in [0.15, 0.2) is 0 Å². The Morgan fingerprint density at radius 3 is 2.92 bits per heavy atom. The second-order valence-corrected chi connectivity index (χ2v) is 6.75. The van der Waals surface area contributed by atoms with Crippen molar-refractivity contribution >= 4 is 11.7 Å². The molecule has 2 N–H and O–H groups in total. The molecule has 1 aromatic heterocycles. The Morgan fingerprint density at radius 2 is 2.20 bits per heavy atom. The molecule has 0 saturated carbocycles. The molecule has 6 heteroatoms. The Morgan fingerprint density at radius 1 is 1.40 bits per heavy atom. The summed E-state index contributed by atoms with van der Waals surface area (Å²) in [6.45, 7) is 6.83. The number of ether oxygens (including phenoxy) is 1. The minimum atomic E-state index is -0.191. The third kappa shape index (κ3) is 3.95. The van der Waals surface area contributed by atoms with E-state index in [1.807, 2.05) is 43.8 Å². The lowest BCUT2D eigenvalue weighted by Gasteiger charge is -2.19. The van der Waals surface area contributed by atoms with Crippen LogP contribution in [0.15, 0.2) is 18.2 Å². The highest BCUT2D eigenvalue weighted by molar-refractivity contribution is 5.89. The summed E-state index contributed by atoms with van der Waals surface area (Å²) < 4.78 is 7.48. The average Bonchev–Trinajstić information content (AvgIpc) is 2.81. The van der Waals surface area contributed by atoms with E-state index < -0.39 is 0 Å². The molecule has 1 aliphatic heterocycles. The van der Waals surface area contributed by atoms with Crippen LogP contribution in [0.25, 0.3) is 0 Å². The molecule has 2 heterocycles. The molecule has 0 saturated heterocycles. The van der Waals surface area contributed by atoms with Gasteiger partial charge in [-0.1, -0.05) is 0 Å². The van der Waals surface area contributed by atoms with Crippen molar-refractivity contribution in [2.45, 2.75) is 46.1 Å². The quantitative estimate of drug-likeness (QED) is 0.897. The number of benzene rings is 1. The van der Waals surface area contributed by atoms with Crippen molar-refractivity contribution in [3.63, 3.8) is 0 Å². The van der Waals surface area contributed by atoms with Crippen LogP contribution in [0.3, 0.4) is 0 Å². The molecular formula is C19H26N4O2. The number of aryl methyl sites for hydroxylation is 3. The standard InChI is InChI=1S/C19H26N4O2/c1-12(10-17-13(2)22-23(4)14(17)3)20-19(24)21-16-7-8-18-15(11-16)6-5-9-25-18/h7-8,11-12H,5-6,9-10H2,1-4H3,(H2,20,21,24)/t12-/m0/s1. The van der Waals surface area contributed by atoms with Gasteiger partial charge in [-0.05, 0) is 69.4 Å². The van der Waals surface area contributed by atoms with Crippen LogP contribution in [0.2, 0.25) is 0 Å². The minimum Gasteiger partial charge on any atom is -0.493 e. The van der Waals surface area contributed by atoms with Gasteiger partial charge in [0.2, 0.25) is 0 Å². The van der Waals surface area contributed by atoms with Gasteiger partial charge >= 0.3 is 6.03 Å². The van der Waals surface area contributed by atoms with Gasteiger partial charge in [-0.3, -0.25) is 4.68 Å². The number of nitrogens with zero attached hydrogens (tertiary/aromatic N) is 2. The lowest BCUT2D eigenvalue weighted by atomic mass is 10.1. The van der Waals surface area contributed by atoms with Crippen molar-refractivity contribution in [3.8, 4) is 5.75 Å². The Bertz CT molecular complexity index is 782. The van der Waals surface area contributed by atoms with Crippen molar-refractivity contribution in [3.05, 3.63) is 40.7 Å². The zero-order chi connectivity index (χ0) is 18.0. The summed E-state index contributed by atoms with van der Waals surface area (Å²) in [6.07, 6.45) is 2.77. The maximum atomic E-state index is 12.3. The van der Waals surface area contributed by atoms with Crippen LogP contribution >= 0.6 is 0 Å². The van der Waals surface area contributed by atoms with E-state index in [9.17, 15) is 4.79 Å². The van der Waals surface area contributed by atoms with Crippen molar-refractivity contribution in [2.24, 2.45) is 7.05 Å². The van der Waals surface area contributed by atoms with Gasteiger partial charge in [-0.2, -0.15) is 5.10 Å². The molecular weight excluding hydrogens is 316 g/mol. The lowest BCUT2D eigenvalue weighted by molar-refractivity contribution is 0.249. The van der Waals surface area contributed by atoms with Crippen molar-refractivity contribution < 1.29 is 9.53 Å². The normalized spacial score (nSPS) is 14.4. The number of carbonyl (C=O) groups is 1. The van der Waals surface area contributed by atoms with Gasteiger partial charge in [-0.25, -0.2) is 4.79 Å². The van der Waals surface area contributed by atoms with Gasteiger partial charge in [0.25, 0.3) is 0 Å². The average molecular weight is 342 g/mol. The molecule has 0 radical (unpaired) electrons. The number of amides is 2. The van der Waals surface area contributed by atoms with Crippen molar-refractivity contribution in [2.75, 3.05) is 11.9 Å². The summed E-state index contributed by atoms with van der Waals surface area (Å²) in [7, 11) is 1.94. The first-order chi connectivity index (χ1) is 11.9. The lowest BCUT2D eigenvalue weighted by Crippen LogP contribution is -2.37. The van der Waals surface area contributed by atoms with Crippen LogP contribution in [0.4, 0.5) is 10.5 Å². The molecule has 0 unspecified atom stereocenters. The summed E-state index contributed by atoms with van der Waals surface area (Å²) in [5.74, 6) is 0.924. The topological polar surface area (TPSA) is 68.2 Å². The van der Waals surface area contributed by atoms with Gasteiger partial charge in [0.1, 0.15) is 5.75 Å². The third-order valence-corrected chi connectivity index (χ3v) is 4.71. The number of hydrogen-bond acceptors (Lipinski definition) is 3. The molecule has 0 spiro atoms. The summed E-state index contributed by atoms with van der Waals surface area (Å²) in [6, 6.07) is 5.62. The Balaban J connectivity index is 1.58. The maximum Gasteiger partial charge on any atom is 0.319 e. The first-order valence-corrected chi connectivity index (χ1v) is 8.76. The molecule has 3 rings (SSSR count). The van der Waals surface area contributed by atoms with Crippen LogP contribution in [0.5, 0.6) is 5.75 Å². The fourth-order valence-corrected chi connectivity index (χ4v) is 3.30. The summed E-state index contributed by atoms with van der Waals surface area (Å²) in [5, 5.41) is 10.3. The molecule has 25 heavy (non-hydrogen) atoms. The molecule has 6 nitrogen and oxygen atoms in total. The fraction of sp³-hybridized carbons (Fsp3) is 0.474. The van der Waals surface area contributed by atoms with E-state index in [2.05, 4.69) is 22.7 Å². The molecule has 134 valence electrons. The van der Waals surface area contributed by atoms with E-state index >= 15 is 0 Å². The maximum absolute atomic E-state index is 12.3. The number of nitrogens with one attached hydrogen (secondary N) is 2. The molecule has 2 aromatic rings. The second-order valence-electron chi connectivity index (χ2n) is 6.75. The van der Waals surface area contributed by atoms with Crippen molar-refractivity contribution in [1.29, 1.82) is 0 Å². The predicted octanol–water partition coefficient (Wildman–Crippen LogP) is 3.11. The molecule has 0 aliphatic carbocycles. The molecule has 2 amide bonds. The number of hydrogen-bond donors (Lipinski definition) is 2. The molecule has 1 aliphatic rings. The van der Waals surface area contributed by atoms with E-state index in [-0.39, 0.29) is 12.1 Å². The predicted molar refractivity (Wildman–Crippen MR) is 98.3 cm³/mol. The van der Waals surface area contributed by atoms with Crippen LogP contribution in [-0.2, 0) is 19.9 Å². The number of aromatic nitrogens is 2. The number of fused-ring (bicyclic) bond motifs is 1. The van der Waals surface area contributed by atoms with Gasteiger partial charge in [-0.15, -0.1) is 0 Å². The minimum absolute atomic E-state index is 0.0163. The van der Waals surface area contributed by atoms with E-state index in [4.69, 9.17) is 4.74 Å². The summed E-state index contributed by atoms with van der Waals surface area (Å²) in [4.78, 5) is 12.3. The first kappa shape index (κ1) is 17.3. The van der Waals surface area contributed by atoms with Gasteiger partial charge < -0.3 is 15.4 Å². The highest BCUT2D eigenvalue weighted by atomic mass is 16.5. The zero-order valence-corrected chi connectivity index (χ0v) is 15.3. The van der Waals surface area contributed by atoms with E-state index in [0.29, 0.717) is 0 Å². The largest absolute Gasteiger partial charge is 0.493 e. The van der Waals surface area contributed by atoms with E-state index in [0.717, 1.165) is 54.3 Å². The van der Waals surface area contributed by atoms with Gasteiger partial charge in [0, 0.05) is 24.5 Å². The third-order valence-electron chi connectivity index (χ3n) is 4.71. The van der Waals surface area contributed by atoms with Crippen LogP contribution in [0.1, 0.15) is 35.9 Å². The summed E-state index contributed by atoms with van der Waals surface area (Å²) in [5.41, 5.74) is 5.30. The van der Waals surface area contributed by atoms with E-state index in [1.165, 1.54) is 5.56 Å². The molecule has 1 aromatic carbocycles. The van der Waals surface area contributed by atoms with Crippen LogP contribution in [-0.4, -0.2) is 28.5 Å². The number of rotatable bonds is 4. The Hall–Kier alpha value is -2.50. The number of anilines is 1. The zero-order valence-electron chi connectivity index (χ0n) is 15.3. The molecule has 1 atom stereocenters. The number of carbonyl (C=O) groups excluding carboxylic acids is 1. The highest BCUT2D eigenvalue weighted by Crippen LogP contribution is 2.27. The monoisotopic (exact) mass is 342 g/mol. The fourth-order valence-electron chi connectivity index (χ4n) is 3.30. The van der Waals surface area contributed by atoms with E-state index in [1.54, 1.807) is 0 Å². The summed E-state index contributed by atoms with van der Waals surface area (Å²) >= 11 is 0. The second kappa shape index (κ2) is 7.17. The highest BCUT2D eigenvalue weighted by Gasteiger charge is 2.16. The van der Waals surface area contributed by atoms with Crippen molar-refractivity contribution in [1.82, 2.24) is 15.1 Å². The first-order valence-electron chi connectivity index (χ1n) is 8.76. The molecule has 0 fully saturated rings. The molecule has 0 bridgehead atoms. The van der Waals surface area contributed by atoms with Crippen LogP contribution < -0.4 is 15.4 Å². The Kier molecular flexibility index (Phi) is 4.97. The smallest absolute Gasteiger partial charge is 0.319 e. The number of urea groups is 1. The van der Waals surface area contributed by atoms with Crippen LogP contribution in [0, 0.1) is 13.8 Å². The van der Waals surface area contributed by atoms with Gasteiger partial charge in [0.05, 0.1) is 12.3 Å². The Labute approximate surface area is 148 Å². The SMILES string of the molecule is Cc1nn(C)c(C)c1C[C@H](C)NC(=O)Nc1ccc2c(c1)CCCO2.